The zero-order valence-electron chi connectivity index (χ0n) is 15.2. The minimum Gasteiger partial charge on any atom is -0.326 e. The molecular formula is C19H26F3NOS. The molecule has 0 aliphatic carbocycles. The summed E-state index contributed by atoms with van der Waals surface area (Å²) in [7, 11) is 0. The van der Waals surface area contributed by atoms with Crippen molar-refractivity contribution in [1.29, 1.82) is 0 Å². The number of alkyl halides is 3. The smallest absolute Gasteiger partial charge is 0.326 e. The number of amides is 1. The fourth-order valence-corrected chi connectivity index (χ4v) is 4.65. The van der Waals surface area contributed by atoms with Gasteiger partial charge in [-0.05, 0) is 35.4 Å². The molecule has 2 atom stereocenters. The van der Waals surface area contributed by atoms with Gasteiger partial charge in [-0.2, -0.15) is 13.2 Å². The third-order valence-electron chi connectivity index (χ3n) is 4.22. The zero-order valence-corrected chi connectivity index (χ0v) is 16.0. The molecule has 0 spiro atoms. The number of halogens is 3. The van der Waals surface area contributed by atoms with Crippen LogP contribution in [0.2, 0.25) is 0 Å². The van der Waals surface area contributed by atoms with Crippen LogP contribution in [0.3, 0.4) is 0 Å². The number of benzene rings is 1. The Bertz CT molecular complexity index is 592. The highest BCUT2D eigenvalue weighted by molar-refractivity contribution is 7.99. The molecule has 6 heteroatoms. The summed E-state index contributed by atoms with van der Waals surface area (Å²) in [5.41, 5.74) is 0.273. The minimum atomic E-state index is -4.33. The molecule has 1 aliphatic heterocycles. The Labute approximate surface area is 152 Å². The lowest BCUT2D eigenvalue weighted by molar-refractivity contribution is -0.137. The van der Waals surface area contributed by atoms with E-state index >= 15 is 0 Å². The van der Waals surface area contributed by atoms with Crippen LogP contribution in [-0.4, -0.2) is 23.1 Å². The van der Waals surface area contributed by atoms with Crippen LogP contribution in [0, 0.1) is 11.3 Å². The second kappa shape index (κ2) is 7.60. The van der Waals surface area contributed by atoms with Gasteiger partial charge >= 0.3 is 6.18 Å². The fourth-order valence-electron chi connectivity index (χ4n) is 3.37. The van der Waals surface area contributed by atoms with E-state index in [1.807, 2.05) is 4.90 Å². The molecular weight excluding hydrogens is 347 g/mol. The second-order valence-corrected chi connectivity index (χ2v) is 9.19. The molecule has 1 fully saturated rings. The van der Waals surface area contributed by atoms with E-state index in [1.54, 1.807) is 11.8 Å². The Morgan fingerprint density at radius 3 is 2.36 bits per heavy atom. The predicted octanol–water partition coefficient (Wildman–Crippen LogP) is 5.74. The van der Waals surface area contributed by atoms with Crippen molar-refractivity contribution >= 4 is 17.7 Å². The monoisotopic (exact) mass is 373 g/mol. The Hall–Kier alpha value is -1.17. The van der Waals surface area contributed by atoms with Crippen LogP contribution >= 0.6 is 11.8 Å². The lowest BCUT2D eigenvalue weighted by atomic mass is 9.84. The van der Waals surface area contributed by atoms with Crippen molar-refractivity contribution in [2.75, 3.05) is 12.3 Å². The van der Waals surface area contributed by atoms with Crippen molar-refractivity contribution in [3.05, 3.63) is 35.4 Å². The first-order valence-corrected chi connectivity index (χ1v) is 9.60. The van der Waals surface area contributed by atoms with Gasteiger partial charge in [0.25, 0.3) is 0 Å². The van der Waals surface area contributed by atoms with E-state index in [9.17, 15) is 18.0 Å². The maximum Gasteiger partial charge on any atom is 0.416 e. The van der Waals surface area contributed by atoms with Gasteiger partial charge in [0.05, 0.1) is 5.56 Å². The number of carbonyl (C=O) groups is 1. The summed E-state index contributed by atoms with van der Waals surface area (Å²) in [6.45, 7) is 9.21. The summed E-state index contributed by atoms with van der Waals surface area (Å²) >= 11 is 1.61. The standard InChI is InChI=1S/C19H26F3NOS/c1-13(12-18(2,3)4)11-16(24)23-9-10-25-17(23)14-5-7-15(8-6-14)19(20,21)22/h5-8,13,17H,9-12H2,1-4H3/t13-,17+/m1/s1. The first-order chi connectivity index (χ1) is 11.5. The topological polar surface area (TPSA) is 20.3 Å². The third kappa shape index (κ3) is 5.66. The van der Waals surface area contributed by atoms with E-state index in [-0.39, 0.29) is 22.6 Å². The Balaban J connectivity index is 2.05. The molecule has 1 heterocycles. The van der Waals surface area contributed by atoms with Gasteiger partial charge in [-0.1, -0.05) is 39.8 Å². The zero-order chi connectivity index (χ0) is 18.8. The fraction of sp³-hybridized carbons (Fsp3) is 0.632. The number of thioether (sulfide) groups is 1. The quantitative estimate of drug-likeness (QED) is 0.670. The summed E-state index contributed by atoms with van der Waals surface area (Å²) in [5.74, 6) is 1.18. The highest BCUT2D eigenvalue weighted by Gasteiger charge is 2.33. The van der Waals surface area contributed by atoms with Crippen LogP contribution in [0.5, 0.6) is 0 Å². The van der Waals surface area contributed by atoms with Gasteiger partial charge < -0.3 is 4.90 Å². The van der Waals surface area contributed by atoms with E-state index in [1.165, 1.54) is 12.1 Å². The van der Waals surface area contributed by atoms with Gasteiger partial charge in [0, 0.05) is 18.7 Å². The maximum absolute atomic E-state index is 12.7. The number of hydrogen-bond donors (Lipinski definition) is 0. The van der Waals surface area contributed by atoms with Crippen LogP contribution in [0.25, 0.3) is 0 Å². The summed E-state index contributed by atoms with van der Waals surface area (Å²) < 4.78 is 38.1. The van der Waals surface area contributed by atoms with Gasteiger partial charge in [-0.3, -0.25) is 4.79 Å². The molecule has 25 heavy (non-hydrogen) atoms. The van der Waals surface area contributed by atoms with Gasteiger partial charge in [0.1, 0.15) is 5.37 Å². The summed E-state index contributed by atoms with van der Waals surface area (Å²) in [6.07, 6.45) is -2.89. The molecule has 0 N–H and O–H groups in total. The number of hydrogen-bond acceptors (Lipinski definition) is 2. The molecule has 2 nitrogen and oxygen atoms in total. The van der Waals surface area contributed by atoms with Gasteiger partial charge in [0.2, 0.25) is 5.91 Å². The molecule has 1 aromatic rings. The van der Waals surface area contributed by atoms with Crippen molar-refractivity contribution in [2.45, 2.75) is 52.1 Å². The third-order valence-corrected chi connectivity index (χ3v) is 5.48. The molecule has 140 valence electrons. The Morgan fingerprint density at radius 1 is 1.24 bits per heavy atom. The molecule has 0 unspecified atom stereocenters. The molecule has 0 saturated carbocycles. The largest absolute Gasteiger partial charge is 0.416 e. The van der Waals surface area contributed by atoms with Gasteiger partial charge in [0.15, 0.2) is 0 Å². The van der Waals surface area contributed by atoms with Crippen LogP contribution < -0.4 is 0 Å². The SMILES string of the molecule is C[C@H](CC(=O)N1CCS[C@H]1c1ccc(C(F)(F)F)cc1)CC(C)(C)C. The molecule has 1 amide bonds. The average molecular weight is 373 g/mol. The van der Waals surface area contributed by atoms with E-state index < -0.39 is 11.7 Å². The number of rotatable bonds is 4. The first-order valence-electron chi connectivity index (χ1n) is 8.55. The van der Waals surface area contributed by atoms with Crippen molar-refractivity contribution in [2.24, 2.45) is 11.3 Å². The molecule has 0 radical (unpaired) electrons. The molecule has 0 bridgehead atoms. The molecule has 1 saturated heterocycles. The molecule has 2 rings (SSSR count). The molecule has 1 aromatic carbocycles. The Morgan fingerprint density at radius 2 is 1.84 bits per heavy atom. The first kappa shape index (κ1) is 20.1. The molecule has 0 aromatic heterocycles. The molecule has 1 aliphatic rings. The van der Waals surface area contributed by atoms with E-state index in [2.05, 4.69) is 27.7 Å². The summed E-state index contributed by atoms with van der Waals surface area (Å²) in [5, 5.41) is -0.184. The van der Waals surface area contributed by atoms with Crippen molar-refractivity contribution in [3.63, 3.8) is 0 Å². The predicted molar refractivity (Wildman–Crippen MR) is 96.2 cm³/mol. The van der Waals surface area contributed by atoms with Crippen LogP contribution in [-0.2, 0) is 11.0 Å². The van der Waals surface area contributed by atoms with Crippen molar-refractivity contribution in [1.82, 2.24) is 4.90 Å². The van der Waals surface area contributed by atoms with Crippen molar-refractivity contribution < 1.29 is 18.0 Å². The lowest BCUT2D eigenvalue weighted by Crippen LogP contribution is -2.32. The van der Waals surface area contributed by atoms with Crippen molar-refractivity contribution in [3.8, 4) is 0 Å². The van der Waals surface area contributed by atoms with E-state index in [4.69, 9.17) is 0 Å². The average Bonchev–Trinajstić information content (AvgIpc) is 2.93. The second-order valence-electron chi connectivity index (χ2n) is 8.00. The highest BCUT2D eigenvalue weighted by Crippen LogP contribution is 2.40. The van der Waals surface area contributed by atoms with Crippen LogP contribution in [0.1, 0.15) is 57.0 Å². The normalized spacial score (nSPS) is 20.0. The summed E-state index contributed by atoms with van der Waals surface area (Å²) in [4.78, 5) is 14.5. The maximum atomic E-state index is 12.7. The Kier molecular flexibility index (Phi) is 6.13. The number of carbonyl (C=O) groups excluding carboxylic acids is 1. The van der Waals surface area contributed by atoms with Gasteiger partial charge in [-0.15, -0.1) is 11.8 Å². The van der Waals surface area contributed by atoms with Crippen LogP contribution in [0.4, 0.5) is 13.2 Å². The minimum absolute atomic E-state index is 0.0895. The van der Waals surface area contributed by atoms with E-state index in [0.717, 1.165) is 29.9 Å². The highest BCUT2D eigenvalue weighted by atomic mass is 32.2. The summed E-state index contributed by atoms with van der Waals surface area (Å²) in [6, 6.07) is 5.17. The lowest BCUT2D eigenvalue weighted by Gasteiger charge is -2.28. The van der Waals surface area contributed by atoms with Crippen LogP contribution in [0.15, 0.2) is 24.3 Å². The van der Waals surface area contributed by atoms with Gasteiger partial charge in [-0.25, -0.2) is 0 Å². The number of nitrogens with zero attached hydrogens (tertiary/aromatic N) is 1. The van der Waals surface area contributed by atoms with E-state index in [0.29, 0.717) is 13.0 Å².